The van der Waals surface area contributed by atoms with Crippen molar-refractivity contribution in [1.82, 2.24) is 44.5 Å². The summed E-state index contributed by atoms with van der Waals surface area (Å²) >= 11 is 0. The molecule has 342 valence electrons. The molecule has 3 amide bonds. The maximum absolute atomic E-state index is 15.4. The molecule has 9 heterocycles. The molecular formula is C48H46F3N13O3. The summed E-state index contributed by atoms with van der Waals surface area (Å²) in [6, 6.07) is 14.1. The topological polar surface area (TPSA) is 173 Å². The van der Waals surface area contributed by atoms with Gasteiger partial charge in [-0.05, 0) is 81.0 Å². The average molecular weight is 910 g/mol. The molecule has 3 atom stereocenters. The Morgan fingerprint density at radius 1 is 0.791 bits per heavy atom. The van der Waals surface area contributed by atoms with Crippen LogP contribution in [-0.2, 0) is 9.59 Å². The van der Waals surface area contributed by atoms with Crippen molar-refractivity contribution in [2.45, 2.75) is 75.2 Å². The molecule has 0 radical (unpaired) electrons. The lowest BCUT2D eigenvalue weighted by Crippen LogP contribution is -2.70. The number of hydrogen-bond acceptors (Lipinski definition) is 12. The Morgan fingerprint density at radius 3 is 2.25 bits per heavy atom. The van der Waals surface area contributed by atoms with E-state index >= 15 is 4.39 Å². The summed E-state index contributed by atoms with van der Waals surface area (Å²) in [7, 11) is 0. The second kappa shape index (κ2) is 17.1. The highest BCUT2D eigenvalue weighted by atomic mass is 19.1. The minimum atomic E-state index is -0.865. The summed E-state index contributed by atoms with van der Waals surface area (Å²) < 4.78 is 48.0. The molecule has 19 heteroatoms. The third kappa shape index (κ3) is 7.88. The lowest BCUT2D eigenvalue weighted by molar-refractivity contribution is -0.133. The molecule has 0 spiro atoms. The highest BCUT2D eigenvalue weighted by molar-refractivity contribution is 6.01. The number of pyridine rings is 1. The smallest absolute Gasteiger partial charge is 0.260 e. The molecule has 6 fully saturated rings. The number of piperidine rings is 2. The molecular weight excluding hydrogens is 864 g/mol. The predicted molar refractivity (Wildman–Crippen MR) is 240 cm³/mol. The van der Waals surface area contributed by atoms with Gasteiger partial charge in [0.2, 0.25) is 11.8 Å². The van der Waals surface area contributed by atoms with Crippen molar-refractivity contribution in [3.8, 4) is 28.6 Å². The number of hydrogen-bond donors (Lipinski definition) is 2. The maximum Gasteiger partial charge on any atom is 0.260 e. The van der Waals surface area contributed by atoms with Gasteiger partial charge in [-0.1, -0.05) is 6.07 Å². The maximum atomic E-state index is 15.4. The van der Waals surface area contributed by atoms with Crippen molar-refractivity contribution < 1.29 is 27.6 Å². The molecule has 6 aliphatic rings. The van der Waals surface area contributed by atoms with Crippen LogP contribution in [0.25, 0.3) is 28.0 Å². The van der Waals surface area contributed by atoms with Crippen LogP contribution in [-0.4, -0.2) is 120 Å². The van der Waals surface area contributed by atoms with E-state index in [1.54, 1.807) is 33.9 Å². The normalized spacial score (nSPS) is 23.2. The van der Waals surface area contributed by atoms with E-state index in [0.29, 0.717) is 83.9 Å². The van der Waals surface area contributed by atoms with E-state index in [1.807, 2.05) is 29.2 Å². The molecule has 12 rings (SSSR count). The van der Waals surface area contributed by atoms with Crippen LogP contribution in [0.3, 0.4) is 0 Å². The molecule has 5 aliphatic heterocycles. The van der Waals surface area contributed by atoms with Gasteiger partial charge < -0.3 is 20.0 Å². The second-order valence-corrected chi connectivity index (χ2v) is 18.1. The summed E-state index contributed by atoms with van der Waals surface area (Å²) in [4.78, 5) is 55.0. The largest absolute Gasteiger partial charge is 0.374 e. The number of amides is 3. The molecule has 2 bridgehead atoms. The van der Waals surface area contributed by atoms with Gasteiger partial charge in [-0.2, -0.15) is 15.5 Å². The van der Waals surface area contributed by atoms with Gasteiger partial charge in [0.25, 0.3) is 5.91 Å². The number of carbonyl (C=O) groups excluding carboxylic acids is 3. The number of nitriles is 1. The van der Waals surface area contributed by atoms with Crippen LogP contribution in [0.4, 0.5) is 30.4 Å². The number of aromatic nitrogens is 6. The van der Waals surface area contributed by atoms with Gasteiger partial charge in [0.05, 0.1) is 53.8 Å². The molecule has 0 unspecified atom stereocenters. The minimum Gasteiger partial charge on any atom is -0.374 e. The number of nitrogens with zero attached hydrogens (tertiary/aromatic N) is 11. The van der Waals surface area contributed by atoms with E-state index in [4.69, 9.17) is 15.1 Å². The number of fused-ring (bicyclic) bond motifs is 3. The second-order valence-electron chi connectivity index (χ2n) is 18.1. The zero-order valence-corrected chi connectivity index (χ0v) is 36.4. The van der Waals surface area contributed by atoms with Crippen molar-refractivity contribution in [2.75, 3.05) is 54.4 Å². The van der Waals surface area contributed by atoms with Crippen LogP contribution < -0.4 is 20.4 Å². The molecule has 1 saturated carbocycles. The Balaban J connectivity index is 0.718. The van der Waals surface area contributed by atoms with Crippen molar-refractivity contribution in [3.05, 3.63) is 108 Å². The summed E-state index contributed by atoms with van der Waals surface area (Å²) in [5.41, 5.74) is 4.15. The van der Waals surface area contributed by atoms with Crippen molar-refractivity contribution in [1.29, 1.82) is 5.26 Å². The number of halogens is 3. The van der Waals surface area contributed by atoms with Gasteiger partial charge in [-0.25, -0.2) is 27.7 Å². The van der Waals surface area contributed by atoms with E-state index in [2.05, 4.69) is 36.5 Å². The molecule has 2 aromatic carbocycles. The van der Waals surface area contributed by atoms with Gasteiger partial charge in [0.15, 0.2) is 0 Å². The van der Waals surface area contributed by atoms with E-state index in [0.717, 1.165) is 62.9 Å². The van der Waals surface area contributed by atoms with E-state index in [1.165, 1.54) is 18.3 Å². The van der Waals surface area contributed by atoms with Crippen molar-refractivity contribution >= 4 is 40.4 Å². The third-order valence-corrected chi connectivity index (χ3v) is 14.2. The first kappa shape index (κ1) is 42.3. The van der Waals surface area contributed by atoms with Gasteiger partial charge in [-0.15, -0.1) is 0 Å². The SMILES string of the molecule is N#Cc1cnn2cc(-c3cnn(C4CCC(N5CCN(c6ccc(N[C@@H]7CCC(=O)NC7=O)cc6F)CC5)CC4)c3)nc(-c3ccc(N4C[C@H]5C[C@H](C4)N5C(=O)c4c(F)cccc4F)nc3)c12. The first-order valence-electron chi connectivity index (χ1n) is 22.8. The van der Waals surface area contributed by atoms with E-state index in [-0.39, 0.29) is 36.3 Å². The van der Waals surface area contributed by atoms with Crippen LogP contribution in [0.15, 0.2) is 79.5 Å². The molecule has 6 aromatic rings. The number of piperazine rings is 2. The fraction of sp³-hybridized carbons (Fsp3) is 0.375. The van der Waals surface area contributed by atoms with Crippen molar-refractivity contribution in [2.24, 2.45) is 0 Å². The van der Waals surface area contributed by atoms with Gasteiger partial charge in [0, 0.05) is 80.9 Å². The monoisotopic (exact) mass is 909 g/mol. The minimum absolute atomic E-state index is 0.197. The number of imide groups is 1. The van der Waals surface area contributed by atoms with Gasteiger partial charge in [-0.3, -0.25) is 29.3 Å². The molecule has 16 nitrogen and oxygen atoms in total. The number of anilines is 3. The van der Waals surface area contributed by atoms with Crippen molar-refractivity contribution in [3.63, 3.8) is 0 Å². The highest BCUT2D eigenvalue weighted by Crippen LogP contribution is 2.38. The quantitative estimate of drug-likeness (QED) is 0.173. The van der Waals surface area contributed by atoms with Gasteiger partial charge >= 0.3 is 0 Å². The molecule has 2 N–H and O–H groups in total. The summed E-state index contributed by atoms with van der Waals surface area (Å²) in [5, 5.41) is 24.7. The molecule has 4 aromatic heterocycles. The van der Waals surface area contributed by atoms with E-state index in [9.17, 15) is 28.4 Å². The first-order valence-corrected chi connectivity index (χ1v) is 22.8. The Morgan fingerprint density at radius 2 is 1.55 bits per heavy atom. The fourth-order valence-electron chi connectivity index (χ4n) is 10.7. The third-order valence-electron chi connectivity index (χ3n) is 14.2. The molecule has 5 saturated heterocycles. The average Bonchev–Trinajstić information content (AvgIpc) is 4.01. The van der Waals surface area contributed by atoms with Crippen LogP contribution >= 0.6 is 0 Å². The predicted octanol–water partition coefficient (Wildman–Crippen LogP) is 5.57. The standard InChI is InChI=1S/C48H46F3N13O3/c49-36-2-1-3-37(50)44(36)48(67)64-34-19-35(64)26-61(25-34)42-12-4-28(21-53-42)45-46-29(20-52)22-55-63(46)27-40(57-45)30-23-54-62(24-30)33-8-6-32(7-9-33)59-14-16-60(17-15-59)41-11-5-31(18-38(41)51)56-39-10-13-43(65)58-47(39)66/h1-5,11-12,18,21-24,27,32-35,39,56H,6-10,13-17,19,25-26H2,(H,58,65,66)/t32?,33?,34-,35-,39-/m1/s1. The number of carbonyl (C=O) groups is 3. The Hall–Kier alpha value is -7.33. The Kier molecular flexibility index (Phi) is 10.8. The lowest BCUT2D eigenvalue weighted by atomic mass is 9.86. The number of rotatable bonds is 9. The summed E-state index contributed by atoms with van der Waals surface area (Å²) in [5.74, 6) is -2.70. The Bertz CT molecular complexity index is 2920. The van der Waals surface area contributed by atoms with E-state index < -0.39 is 35.1 Å². The number of nitrogens with one attached hydrogen (secondary N) is 2. The Labute approximate surface area is 383 Å². The van der Waals surface area contributed by atoms with Crippen LogP contribution in [0.2, 0.25) is 0 Å². The van der Waals surface area contributed by atoms with Crippen LogP contribution in [0, 0.1) is 28.8 Å². The van der Waals surface area contributed by atoms with Crippen LogP contribution in [0.1, 0.15) is 66.9 Å². The summed E-state index contributed by atoms with van der Waals surface area (Å²) in [6.45, 7) is 4.01. The summed E-state index contributed by atoms with van der Waals surface area (Å²) in [6.07, 6.45) is 14.2. The highest BCUT2D eigenvalue weighted by Gasteiger charge is 2.48. The molecule has 67 heavy (non-hydrogen) atoms. The zero-order valence-electron chi connectivity index (χ0n) is 36.4. The number of benzene rings is 2. The first-order chi connectivity index (χ1) is 32.6. The fourth-order valence-corrected chi connectivity index (χ4v) is 10.7. The zero-order chi connectivity index (χ0) is 45.9. The van der Waals surface area contributed by atoms with Gasteiger partial charge in [0.1, 0.15) is 52.0 Å². The molecule has 1 aliphatic carbocycles. The van der Waals surface area contributed by atoms with Crippen LogP contribution in [0.5, 0.6) is 0 Å². The lowest BCUT2D eigenvalue weighted by Gasteiger charge is -2.56.